The van der Waals surface area contributed by atoms with Gasteiger partial charge in [0.2, 0.25) is 0 Å². The van der Waals surface area contributed by atoms with E-state index in [1.807, 2.05) is 42.6 Å². The number of anilines is 1. The molecule has 0 saturated carbocycles. The van der Waals surface area contributed by atoms with Gasteiger partial charge in [-0.1, -0.05) is 6.07 Å². The average Bonchev–Trinajstić information content (AvgIpc) is 3.14. The monoisotopic (exact) mass is 462 g/mol. The van der Waals surface area contributed by atoms with Gasteiger partial charge >= 0.3 is 0 Å². The van der Waals surface area contributed by atoms with Crippen molar-refractivity contribution >= 4 is 38.3 Å². The van der Waals surface area contributed by atoms with Crippen LogP contribution in [0.15, 0.2) is 46.3 Å². The number of aromatic nitrogens is 1. The maximum atomic E-state index is 12.2. The molecule has 0 radical (unpaired) electrons. The number of carbonyl (C=O) groups excluding carboxylic acids is 1. The molecule has 3 rings (SSSR count). The van der Waals surface area contributed by atoms with Gasteiger partial charge in [-0.05, 0) is 52.7 Å². The second-order valence-electron chi connectivity index (χ2n) is 5.87. The lowest BCUT2D eigenvalue weighted by molar-refractivity contribution is -0.118. The molecule has 0 atom stereocenters. The highest BCUT2D eigenvalue weighted by atomic mass is 79.9. The summed E-state index contributed by atoms with van der Waals surface area (Å²) in [6.07, 6.45) is 0. The Morgan fingerprint density at radius 1 is 1.14 bits per heavy atom. The first-order valence-electron chi connectivity index (χ1n) is 8.37. The number of methoxy groups -OCH3 is 2. The summed E-state index contributed by atoms with van der Waals surface area (Å²) < 4.78 is 17.0. The number of amides is 1. The molecule has 0 spiro atoms. The molecule has 1 heterocycles. The third-order valence-electron chi connectivity index (χ3n) is 3.88. The van der Waals surface area contributed by atoms with Crippen molar-refractivity contribution < 1.29 is 19.0 Å². The summed E-state index contributed by atoms with van der Waals surface area (Å²) in [6.45, 7) is 1.88. The second kappa shape index (κ2) is 9.07. The van der Waals surface area contributed by atoms with E-state index in [2.05, 4.69) is 26.2 Å². The van der Waals surface area contributed by atoms with Gasteiger partial charge in [0.1, 0.15) is 17.2 Å². The Balaban J connectivity index is 1.65. The fourth-order valence-corrected chi connectivity index (χ4v) is 3.82. The van der Waals surface area contributed by atoms with Crippen molar-refractivity contribution in [2.45, 2.75) is 6.92 Å². The summed E-state index contributed by atoms with van der Waals surface area (Å²) in [7, 11) is 3.19. The van der Waals surface area contributed by atoms with E-state index < -0.39 is 0 Å². The molecule has 1 aromatic heterocycles. The first-order valence-corrected chi connectivity index (χ1v) is 10.0. The molecule has 0 fully saturated rings. The van der Waals surface area contributed by atoms with Gasteiger partial charge in [0, 0.05) is 17.0 Å². The van der Waals surface area contributed by atoms with Crippen LogP contribution in [0, 0.1) is 6.92 Å². The van der Waals surface area contributed by atoms with E-state index in [1.54, 1.807) is 20.3 Å². The van der Waals surface area contributed by atoms with E-state index in [4.69, 9.17) is 14.2 Å². The Morgan fingerprint density at radius 2 is 1.96 bits per heavy atom. The van der Waals surface area contributed by atoms with Crippen molar-refractivity contribution in [3.63, 3.8) is 0 Å². The number of hydrogen-bond acceptors (Lipinski definition) is 6. The number of aryl methyl sites for hydroxylation is 1. The minimum atomic E-state index is -0.282. The SMILES string of the molecule is COc1ccc(-c2csc(NC(=O)COc3ccc(C)cc3Br)n2)c(OC)c1. The van der Waals surface area contributed by atoms with E-state index in [9.17, 15) is 4.79 Å². The van der Waals surface area contributed by atoms with Crippen LogP contribution in [0.5, 0.6) is 17.2 Å². The quantitative estimate of drug-likeness (QED) is 0.539. The fraction of sp³-hybridized carbons (Fsp3) is 0.200. The molecule has 0 aliphatic carbocycles. The molecule has 0 aliphatic heterocycles. The third kappa shape index (κ3) is 4.82. The van der Waals surface area contributed by atoms with Gasteiger partial charge < -0.3 is 14.2 Å². The Labute approximate surface area is 175 Å². The van der Waals surface area contributed by atoms with E-state index in [1.165, 1.54) is 11.3 Å². The molecule has 0 unspecified atom stereocenters. The lowest BCUT2D eigenvalue weighted by Gasteiger charge is -2.09. The Morgan fingerprint density at radius 3 is 2.68 bits per heavy atom. The number of carbonyl (C=O) groups is 1. The molecule has 0 bridgehead atoms. The standard InChI is InChI=1S/C20H19BrN2O4S/c1-12-4-7-17(15(21)8-12)27-10-19(24)23-20-22-16(11-28-20)14-6-5-13(25-2)9-18(14)26-3/h4-9,11H,10H2,1-3H3,(H,22,23,24). The van der Waals surface area contributed by atoms with Crippen LogP contribution in [-0.2, 0) is 4.79 Å². The molecule has 8 heteroatoms. The minimum Gasteiger partial charge on any atom is -0.497 e. The number of hydrogen-bond donors (Lipinski definition) is 1. The summed E-state index contributed by atoms with van der Waals surface area (Å²) in [4.78, 5) is 16.7. The van der Waals surface area contributed by atoms with Crippen molar-refractivity contribution in [2.75, 3.05) is 26.1 Å². The number of benzene rings is 2. The Kier molecular flexibility index (Phi) is 6.53. The van der Waals surface area contributed by atoms with Crippen molar-refractivity contribution in [2.24, 2.45) is 0 Å². The third-order valence-corrected chi connectivity index (χ3v) is 5.26. The maximum absolute atomic E-state index is 12.2. The van der Waals surface area contributed by atoms with Crippen LogP contribution in [0.25, 0.3) is 11.3 Å². The summed E-state index contributed by atoms with van der Waals surface area (Å²) in [5.41, 5.74) is 2.63. The molecular weight excluding hydrogens is 444 g/mol. The average molecular weight is 463 g/mol. The van der Waals surface area contributed by atoms with Crippen molar-refractivity contribution in [3.8, 4) is 28.5 Å². The van der Waals surface area contributed by atoms with Crippen molar-refractivity contribution in [1.29, 1.82) is 0 Å². The first kappa shape index (κ1) is 20.2. The number of rotatable bonds is 7. The highest BCUT2D eigenvalue weighted by Gasteiger charge is 2.13. The zero-order valence-corrected chi connectivity index (χ0v) is 18.0. The van der Waals surface area contributed by atoms with Crippen molar-refractivity contribution in [3.05, 3.63) is 51.8 Å². The van der Waals surface area contributed by atoms with Gasteiger partial charge in [-0.3, -0.25) is 10.1 Å². The lowest BCUT2D eigenvalue weighted by Crippen LogP contribution is -2.20. The van der Waals surface area contributed by atoms with Crippen LogP contribution >= 0.6 is 27.3 Å². The van der Waals surface area contributed by atoms with Crippen LogP contribution in [0.1, 0.15) is 5.56 Å². The molecule has 0 saturated heterocycles. The topological polar surface area (TPSA) is 69.7 Å². The highest BCUT2D eigenvalue weighted by Crippen LogP contribution is 2.34. The zero-order chi connectivity index (χ0) is 20.1. The maximum Gasteiger partial charge on any atom is 0.264 e. The fourth-order valence-electron chi connectivity index (χ4n) is 2.49. The molecule has 0 aliphatic rings. The summed E-state index contributed by atoms with van der Waals surface area (Å²) >= 11 is 4.76. The van der Waals surface area contributed by atoms with Gasteiger partial charge in [-0.15, -0.1) is 11.3 Å². The number of thiazole rings is 1. The van der Waals surface area contributed by atoms with Gasteiger partial charge in [0.25, 0.3) is 5.91 Å². The second-order valence-corrected chi connectivity index (χ2v) is 7.59. The molecule has 1 N–H and O–H groups in total. The Hall–Kier alpha value is -2.58. The predicted molar refractivity (Wildman–Crippen MR) is 114 cm³/mol. The van der Waals surface area contributed by atoms with Crippen LogP contribution < -0.4 is 19.5 Å². The van der Waals surface area contributed by atoms with E-state index >= 15 is 0 Å². The molecule has 2 aromatic carbocycles. The Bertz CT molecular complexity index is 990. The van der Waals surface area contributed by atoms with Crippen molar-refractivity contribution in [1.82, 2.24) is 4.98 Å². The van der Waals surface area contributed by atoms with E-state index in [-0.39, 0.29) is 12.5 Å². The lowest BCUT2D eigenvalue weighted by atomic mass is 10.1. The summed E-state index contributed by atoms with van der Waals surface area (Å²) in [5.74, 6) is 1.68. The van der Waals surface area contributed by atoms with Gasteiger partial charge in [0.05, 0.1) is 24.4 Å². The smallest absolute Gasteiger partial charge is 0.264 e. The molecule has 3 aromatic rings. The summed E-state index contributed by atoms with van der Waals surface area (Å²) in [5, 5.41) is 5.10. The highest BCUT2D eigenvalue weighted by molar-refractivity contribution is 9.10. The van der Waals surface area contributed by atoms with Crippen LogP contribution in [0.4, 0.5) is 5.13 Å². The first-order chi connectivity index (χ1) is 13.5. The number of halogens is 1. The molecule has 6 nitrogen and oxygen atoms in total. The summed E-state index contributed by atoms with van der Waals surface area (Å²) in [6, 6.07) is 11.2. The van der Waals surface area contributed by atoms with Crippen LogP contribution in [0.3, 0.4) is 0 Å². The van der Waals surface area contributed by atoms with Gasteiger partial charge in [-0.25, -0.2) is 4.98 Å². The predicted octanol–water partition coefficient (Wildman–Crippen LogP) is 4.92. The number of nitrogens with one attached hydrogen (secondary N) is 1. The molecule has 1 amide bonds. The van der Waals surface area contributed by atoms with E-state index in [0.717, 1.165) is 15.6 Å². The minimum absolute atomic E-state index is 0.109. The molecule has 28 heavy (non-hydrogen) atoms. The van der Waals surface area contributed by atoms with E-state index in [0.29, 0.717) is 28.1 Å². The molecule has 146 valence electrons. The van der Waals surface area contributed by atoms with Gasteiger partial charge in [0.15, 0.2) is 11.7 Å². The zero-order valence-electron chi connectivity index (χ0n) is 15.6. The van der Waals surface area contributed by atoms with Crippen LogP contribution in [0.2, 0.25) is 0 Å². The molecular formula is C20H19BrN2O4S. The number of nitrogens with zero attached hydrogens (tertiary/aromatic N) is 1. The number of ether oxygens (including phenoxy) is 3. The van der Waals surface area contributed by atoms with Gasteiger partial charge in [-0.2, -0.15) is 0 Å². The normalized spacial score (nSPS) is 10.4. The largest absolute Gasteiger partial charge is 0.497 e. The van der Waals surface area contributed by atoms with Crippen LogP contribution in [-0.4, -0.2) is 31.7 Å².